The minimum atomic E-state index is 0.256. The molecule has 0 spiro atoms. The first-order valence-corrected chi connectivity index (χ1v) is 4.81. The summed E-state index contributed by atoms with van der Waals surface area (Å²) < 4.78 is 5.12. The van der Waals surface area contributed by atoms with Crippen LogP contribution in [0.5, 0.6) is 5.75 Å². The monoisotopic (exact) mass is 217 g/mol. The maximum Gasteiger partial charge on any atom is 0.189 e. The topological polar surface area (TPSA) is 63.1 Å². The zero-order chi connectivity index (χ0) is 11.4. The SMILES string of the molecule is COc1cccc(C2=NN=C(C=O)NC2)c1. The Hall–Kier alpha value is -2.17. The number of hydrogen-bond donors (Lipinski definition) is 1. The van der Waals surface area contributed by atoms with E-state index in [1.807, 2.05) is 24.3 Å². The van der Waals surface area contributed by atoms with Crippen LogP contribution in [0.4, 0.5) is 0 Å². The number of nitrogens with zero attached hydrogens (tertiary/aromatic N) is 2. The van der Waals surface area contributed by atoms with Crippen LogP contribution >= 0.6 is 0 Å². The average Bonchev–Trinajstić information content (AvgIpc) is 2.39. The van der Waals surface area contributed by atoms with Crippen LogP contribution in [0.1, 0.15) is 5.56 Å². The molecule has 0 radical (unpaired) electrons. The fraction of sp³-hybridized carbons (Fsp3) is 0.182. The highest BCUT2D eigenvalue weighted by molar-refractivity contribution is 6.28. The number of amidine groups is 1. The van der Waals surface area contributed by atoms with Crippen molar-refractivity contribution >= 4 is 17.8 Å². The number of nitrogens with one attached hydrogen (secondary N) is 1. The molecular weight excluding hydrogens is 206 g/mol. The van der Waals surface area contributed by atoms with Crippen molar-refractivity contribution in [3.05, 3.63) is 29.8 Å². The van der Waals surface area contributed by atoms with Gasteiger partial charge in [0.05, 0.1) is 19.4 Å². The number of rotatable bonds is 3. The largest absolute Gasteiger partial charge is 0.497 e. The van der Waals surface area contributed by atoms with Crippen molar-refractivity contribution in [1.29, 1.82) is 0 Å². The fourth-order valence-corrected chi connectivity index (χ4v) is 1.39. The molecule has 0 unspecified atom stereocenters. The van der Waals surface area contributed by atoms with Crippen molar-refractivity contribution in [2.24, 2.45) is 10.2 Å². The van der Waals surface area contributed by atoms with Crippen LogP contribution in [0.15, 0.2) is 34.5 Å². The minimum Gasteiger partial charge on any atom is -0.497 e. The number of carbonyl (C=O) groups is 1. The Kier molecular flexibility index (Phi) is 2.95. The fourth-order valence-electron chi connectivity index (χ4n) is 1.39. The van der Waals surface area contributed by atoms with Crippen LogP contribution in [-0.4, -0.2) is 31.5 Å². The zero-order valence-electron chi connectivity index (χ0n) is 8.80. The summed E-state index contributed by atoms with van der Waals surface area (Å²) in [6.45, 7) is 0.491. The summed E-state index contributed by atoms with van der Waals surface area (Å²) in [6.07, 6.45) is 0.645. The van der Waals surface area contributed by atoms with E-state index in [1.165, 1.54) is 0 Å². The van der Waals surface area contributed by atoms with E-state index < -0.39 is 0 Å². The van der Waals surface area contributed by atoms with E-state index in [-0.39, 0.29) is 5.84 Å². The van der Waals surface area contributed by atoms with Crippen LogP contribution in [-0.2, 0) is 4.79 Å². The Morgan fingerprint density at radius 2 is 2.31 bits per heavy atom. The lowest BCUT2D eigenvalue weighted by Crippen LogP contribution is -2.33. The van der Waals surface area contributed by atoms with Crippen LogP contribution in [0, 0.1) is 0 Å². The van der Waals surface area contributed by atoms with Gasteiger partial charge < -0.3 is 10.1 Å². The molecule has 5 nitrogen and oxygen atoms in total. The van der Waals surface area contributed by atoms with Gasteiger partial charge >= 0.3 is 0 Å². The molecule has 0 saturated carbocycles. The second-order valence-electron chi connectivity index (χ2n) is 3.24. The smallest absolute Gasteiger partial charge is 0.189 e. The van der Waals surface area contributed by atoms with E-state index in [2.05, 4.69) is 15.5 Å². The van der Waals surface area contributed by atoms with Gasteiger partial charge in [-0.3, -0.25) is 4.79 Å². The number of methoxy groups -OCH3 is 1. The third-order valence-corrected chi connectivity index (χ3v) is 2.23. The first-order valence-electron chi connectivity index (χ1n) is 4.81. The number of hydrogen-bond acceptors (Lipinski definition) is 5. The summed E-state index contributed by atoms with van der Waals surface area (Å²) in [4.78, 5) is 10.4. The molecule has 1 aliphatic heterocycles. The van der Waals surface area contributed by atoms with Gasteiger partial charge in [-0.05, 0) is 12.1 Å². The Bertz CT molecular complexity index is 466. The van der Waals surface area contributed by atoms with Crippen molar-refractivity contribution in [2.75, 3.05) is 13.7 Å². The molecule has 1 aliphatic rings. The maximum absolute atomic E-state index is 10.4. The van der Waals surface area contributed by atoms with Crippen LogP contribution in [0.3, 0.4) is 0 Å². The number of benzene rings is 1. The van der Waals surface area contributed by atoms with Gasteiger partial charge in [0, 0.05) is 5.56 Å². The van der Waals surface area contributed by atoms with Crippen LogP contribution in [0.25, 0.3) is 0 Å². The van der Waals surface area contributed by atoms with Gasteiger partial charge in [-0.15, -0.1) is 5.10 Å². The van der Waals surface area contributed by atoms with E-state index in [0.29, 0.717) is 12.8 Å². The summed E-state index contributed by atoms with van der Waals surface area (Å²) in [5.41, 5.74) is 1.71. The van der Waals surface area contributed by atoms with Crippen molar-refractivity contribution in [2.45, 2.75) is 0 Å². The molecule has 0 fully saturated rings. The summed E-state index contributed by atoms with van der Waals surface area (Å²) in [6, 6.07) is 7.54. The second-order valence-corrected chi connectivity index (χ2v) is 3.24. The highest BCUT2D eigenvalue weighted by atomic mass is 16.5. The zero-order valence-corrected chi connectivity index (χ0v) is 8.80. The van der Waals surface area contributed by atoms with Crippen LogP contribution < -0.4 is 10.1 Å². The maximum atomic E-state index is 10.4. The predicted molar refractivity (Wildman–Crippen MR) is 61.0 cm³/mol. The lowest BCUT2D eigenvalue weighted by Gasteiger charge is -2.11. The molecule has 0 aliphatic carbocycles. The van der Waals surface area contributed by atoms with Crippen molar-refractivity contribution < 1.29 is 9.53 Å². The highest BCUT2D eigenvalue weighted by Gasteiger charge is 2.10. The molecule has 82 valence electrons. The molecule has 0 atom stereocenters. The van der Waals surface area contributed by atoms with Gasteiger partial charge in [-0.2, -0.15) is 5.10 Å². The number of carbonyl (C=O) groups excluding carboxylic acids is 1. The lowest BCUT2D eigenvalue weighted by molar-refractivity contribution is -0.102. The van der Waals surface area contributed by atoms with E-state index in [1.54, 1.807) is 7.11 Å². The van der Waals surface area contributed by atoms with E-state index in [4.69, 9.17) is 4.74 Å². The Morgan fingerprint density at radius 3 is 2.94 bits per heavy atom. The molecule has 0 amide bonds. The third-order valence-electron chi connectivity index (χ3n) is 2.23. The molecule has 1 aromatic carbocycles. The van der Waals surface area contributed by atoms with Gasteiger partial charge in [-0.25, -0.2) is 0 Å². The minimum absolute atomic E-state index is 0.256. The molecule has 1 heterocycles. The average molecular weight is 217 g/mol. The van der Waals surface area contributed by atoms with E-state index in [9.17, 15) is 4.79 Å². The molecule has 2 rings (SSSR count). The summed E-state index contributed by atoms with van der Waals surface area (Å²) in [7, 11) is 1.61. The molecule has 1 N–H and O–H groups in total. The van der Waals surface area contributed by atoms with Gasteiger partial charge in [0.1, 0.15) is 5.75 Å². The van der Waals surface area contributed by atoms with Gasteiger partial charge in [0.15, 0.2) is 12.1 Å². The standard InChI is InChI=1S/C11H11N3O2/c1-16-9-4-2-3-8(5-9)10-6-12-11(7-15)14-13-10/h2-5,7H,6H2,1H3,(H,12,14). The summed E-state index contributed by atoms with van der Waals surface area (Å²) in [5, 5.41) is 10.6. The second kappa shape index (κ2) is 4.57. The molecule has 0 aromatic heterocycles. The Balaban J connectivity index is 2.28. The molecule has 0 bridgehead atoms. The highest BCUT2D eigenvalue weighted by Crippen LogP contribution is 2.13. The first kappa shape index (κ1) is 10.4. The quantitative estimate of drug-likeness (QED) is 0.754. The Labute approximate surface area is 92.8 Å². The van der Waals surface area contributed by atoms with Gasteiger partial charge in [-0.1, -0.05) is 12.1 Å². The Morgan fingerprint density at radius 1 is 1.44 bits per heavy atom. The summed E-state index contributed by atoms with van der Waals surface area (Å²) >= 11 is 0. The van der Waals surface area contributed by atoms with Crippen molar-refractivity contribution in [3.8, 4) is 5.75 Å². The van der Waals surface area contributed by atoms with E-state index >= 15 is 0 Å². The van der Waals surface area contributed by atoms with Crippen molar-refractivity contribution in [3.63, 3.8) is 0 Å². The third kappa shape index (κ3) is 2.08. The predicted octanol–water partition coefficient (Wildman–Crippen LogP) is 0.600. The molecule has 0 saturated heterocycles. The van der Waals surface area contributed by atoms with Gasteiger partial charge in [0.25, 0.3) is 0 Å². The van der Waals surface area contributed by atoms with E-state index in [0.717, 1.165) is 17.0 Å². The first-order chi connectivity index (χ1) is 7.83. The number of ether oxygens (including phenoxy) is 1. The number of aldehydes is 1. The molecule has 1 aromatic rings. The van der Waals surface area contributed by atoms with Crippen LogP contribution in [0.2, 0.25) is 0 Å². The lowest BCUT2D eigenvalue weighted by atomic mass is 10.1. The molecule has 5 heteroatoms. The van der Waals surface area contributed by atoms with Gasteiger partial charge in [0.2, 0.25) is 0 Å². The molecular formula is C11H11N3O2. The van der Waals surface area contributed by atoms with Crippen molar-refractivity contribution in [1.82, 2.24) is 5.32 Å². The summed E-state index contributed by atoms with van der Waals surface area (Å²) in [5.74, 6) is 1.03. The molecule has 16 heavy (non-hydrogen) atoms. The normalized spacial score (nSPS) is 14.6.